The molecule has 0 aliphatic carbocycles. The normalized spacial score (nSPS) is 20.3. The molecule has 0 unspecified atom stereocenters. The second kappa shape index (κ2) is 9.78. The Morgan fingerprint density at radius 3 is 2.44 bits per heavy atom. The third-order valence-corrected chi connectivity index (χ3v) is 4.92. The van der Waals surface area contributed by atoms with Crippen molar-refractivity contribution in [2.24, 2.45) is 11.8 Å². The second-order valence-electron chi connectivity index (χ2n) is 7.63. The number of benzene rings is 1. The predicted molar refractivity (Wildman–Crippen MR) is 101 cm³/mol. The summed E-state index contributed by atoms with van der Waals surface area (Å²) in [7, 11) is 1.35. The van der Waals surface area contributed by atoms with Crippen LogP contribution in [0.25, 0.3) is 0 Å². The van der Waals surface area contributed by atoms with Gasteiger partial charge in [-0.1, -0.05) is 13.8 Å². The fourth-order valence-corrected chi connectivity index (χ4v) is 3.68. The molecule has 1 heterocycles. The Labute approximate surface area is 159 Å². The molecule has 1 N–H and O–H groups in total. The van der Waals surface area contributed by atoms with E-state index >= 15 is 0 Å². The van der Waals surface area contributed by atoms with Crippen molar-refractivity contribution in [1.29, 1.82) is 0 Å². The smallest absolute Gasteiger partial charge is 0.316 e. The number of piperidine rings is 1. The first kappa shape index (κ1) is 21.3. The van der Waals surface area contributed by atoms with E-state index in [4.69, 9.17) is 0 Å². The number of hydrogen-bond donors (Lipinski definition) is 1. The molecule has 1 aromatic carbocycles. The van der Waals surface area contributed by atoms with E-state index in [1.54, 1.807) is 0 Å². The quantitative estimate of drug-likeness (QED) is 0.609. The van der Waals surface area contributed by atoms with Crippen LogP contribution in [0.2, 0.25) is 0 Å². The highest BCUT2D eigenvalue weighted by atomic mass is 19.2. The summed E-state index contributed by atoms with van der Waals surface area (Å²) in [4.78, 5) is 27.6. The van der Waals surface area contributed by atoms with Gasteiger partial charge in [0.1, 0.15) is 0 Å². The number of nitrogens with zero attached hydrogens (tertiary/aromatic N) is 2. The molecule has 0 saturated carbocycles. The third-order valence-electron chi connectivity index (χ3n) is 4.92. The highest BCUT2D eigenvalue weighted by Crippen LogP contribution is 2.21. The van der Waals surface area contributed by atoms with E-state index in [1.807, 2.05) is 0 Å². The van der Waals surface area contributed by atoms with Gasteiger partial charge in [0.25, 0.3) is 0 Å². The molecular formula is C20H29F2N3O2. The topological polar surface area (TPSA) is 52.7 Å². The number of amides is 2. The zero-order valence-electron chi connectivity index (χ0n) is 16.3. The average Bonchev–Trinajstić information content (AvgIpc) is 2.61. The van der Waals surface area contributed by atoms with Crippen molar-refractivity contribution in [3.8, 4) is 0 Å². The maximum absolute atomic E-state index is 13.3. The minimum Gasteiger partial charge on any atom is -0.348 e. The molecule has 0 aromatic heterocycles. The summed E-state index contributed by atoms with van der Waals surface area (Å²) >= 11 is 0. The number of nitrogens with one attached hydrogen (secondary N) is 1. The monoisotopic (exact) mass is 381 g/mol. The lowest BCUT2D eigenvalue weighted by atomic mass is 9.92. The first-order chi connectivity index (χ1) is 12.8. The zero-order chi connectivity index (χ0) is 20.0. The lowest BCUT2D eigenvalue weighted by Crippen LogP contribution is -2.42. The lowest BCUT2D eigenvalue weighted by molar-refractivity contribution is -0.137. The van der Waals surface area contributed by atoms with Crippen molar-refractivity contribution < 1.29 is 18.4 Å². The molecule has 2 amide bonds. The maximum atomic E-state index is 13.3. The van der Waals surface area contributed by atoms with Gasteiger partial charge in [0, 0.05) is 38.4 Å². The van der Waals surface area contributed by atoms with Gasteiger partial charge in [-0.3, -0.25) is 9.59 Å². The van der Waals surface area contributed by atoms with Crippen LogP contribution in [0.5, 0.6) is 0 Å². The van der Waals surface area contributed by atoms with E-state index in [2.05, 4.69) is 24.1 Å². The second-order valence-corrected chi connectivity index (χ2v) is 7.63. The summed E-state index contributed by atoms with van der Waals surface area (Å²) in [5.74, 6) is -2.17. The van der Waals surface area contributed by atoms with E-state index in [9.17, 15) is 18.4 Å². The molecular weight excluding hydrogens is 352 g/mol. The maximum Gasteiger partial charge on any atom is 0.316 e. The van der Waals surface area contributed by atoms with Gasteiger partial charge in [-0.05, 0) is 49.8 Å². The Hall–Kier alpha value is -2.02. The predicted octanol–water partition coefficient (Wildman–Crippen LogP) is 2.80. The summed E-state index contributed by atoms with van der Waals surface area (Å²) in [6, 6.07) is 3.07. The SMILES string of the molecule is C[C@@H]1C[C@@H](C)CN(CCCCNC(=O)C(=O)N(C)c2ccc(F)c(F)c2)C1. The molecule has 0 radical (unpaired) electrons. The van der Waals surface area contributed by atoms with Gasteiger partial charge >= 0.3 is 11.8 Å². The highest BCUT2D eigenvalue weighted by molar-refractivity contribution is 6.40. The van der Waals surface area contributed by atoms with Crippen LogP contribution in [-0.2, 0) is 9.59 Å². The molecule has 0 bridgehead atoms. The number of rotatable bonds is 6. The van der Waals surface area contributed by atoms with Crippen LogP contribution in [0.3, 0.4) is 0 Å². The number of likely N-dealkylation sites (tertiary alicyclic amines) is 1. The molecule has 1 aromatic rings. The molecule has 7 heteroatoms. The van der Waals surface area contributed by atoms with Crippen LogP contribution < -0.4 is 10.2 Å². The van der Waals surface area contributed by atoms with Crippen LogP contribution in [-0.4, -0.2) is 49.9 Å². The summed E-state index contributed by atoms with van der Waals surface area (Å²) in [6.07, 6.45) is 3.01. The molecule has 150 valence electrons. The molecule has 5 nitrogen and oxygen atoms in total. The fourth-order valence-electron chi connectivity index (χ4n) is 3.68. The molecule has 1 fully saturated rings. The first-order valence-corrected chi connectivity index (χ1v) is 9.51. The molecule has 1 aliphatic rings. The van der Waals surface area contributed by atoms with E-state index in [0.29, 0.717) is 6.54 Å². The number of halogens is 2. The fraction of sp³-hybridized carbons (Fsp3) is 0.600. The van der Waals surface area contributed by atoms with E-state index < -0.39 is 23.4 Å². The molecule has 1 saturated heterocycles. The average molecular weight is 381 g/mol. The standard InChI is InChI=1S/C20H29F2N3O2/c1-14-10-15(2)13-25(12-14)9-5-4-8-23-19(26)20(27)24(3)16-6-7-17(21)18(22)11-16/h6-7,11,14-15H,4-5,8-10,12-13H2,1-3H3,(H,23,26)/t14-,15-/m1/s1. The van der Waals surface area contributed by atoms with Crippen LogP contribution >= 0.6 is 0 Å². The molecule has 2 atom stereocenters. The van der Waals surface area contributed by atoms with E-state index in [1.165, 1.54) is 19.5 Å². The Balaban J connectivity index is 1.70. The van der Waals surface area contributed by atoms with Crippen molar-refractivity contribution in [1.82, 2.24) is 10.2 Å². The van der Waals surface area contributed by atoms with Crippen LogP contribution in [0.1, 0.15) is 33.1 Å². The van der Waals surface area contributed by atoms with E-state index in [-0.39, 0.29) is 5.69 Å². The van der Waals surface area contributed by atoms with Crippen molar-refractivity contribution in [2.75, 3.05) is 38.1 Å². The Bertz CT molecular complexity index is 659. The zero-order valence-corrected chi connectivity index (χ0v) is 16.3. The number of hydrogen-bond acceptors (Lipinski definition) is 3. The Morgan fingerprint density at radius 2 is 1.81 bits per heavy atom. The van der Waals surface area contributed by atoms with Gasteiger partial charge < -0.3 is 15.1 Å². The van der Waals surface area contributed by atoms with Crippen molar-refractivity contribution in [3.63, 3.8) is 0 Å². The number of carbonyl (C=O) groups excluding carboxylic acids is 2. The van der Waals surface area contributed by atoms with Crippen molar-refractivity contribution >= 4 is 17.5 Å². The van der Waals surface area contributed by atoms with Gasteiger partial charge in [-0.2, -0.15) is 0 Å². The summed E-state index contributed by atoms with van der Waals surface area (Å²) < 4.78 is 26.3. The van der Waals surface area contributed by atoms with E-state index in [0.717, 1.165) is 61.3 Å². The molecule has 0 spiro atoms. The minimum atomic E-state index is -1.06. The first-order valence-electron chi connectivity index (χ1n) is 9.51. The van der Waals surface area contributed by atoms with Crippen molar-refractivity contribution in [2.45, 2.75) is 33.1 Å². The van der Waals surface area contributed by atoms with Gasteiger partial charge in [0.05, 0.1) is 0 Å². The summed E-state index contributed by atoms with van der Waals surface area (Å²) in [5.41, 5.74) is 0.127. The number of unbranched alkanes of at least 4 members (excludes halogenated alkanes) is 1. The highest BCUT2D eigenvalue weighted by Gasteiger charge is 2.22. The van der Waals surface area contributed by atoms with Gasteiger partial charge in [-0.15, -0.1) is 0 Å². The Kier molecular flexibility index (Phi) is 7.71. The van der Waals surface area contributed by atoms with Crippen LogP contribution in [0.15, 0.2) is 18.2 Å². The lowest BCUT2D eigenvalue weighted by Gasteiger charge is -2.34. The molecule has 1 aliphatic heterocycles. The number of carbonyl (C=O) groups is 2. The summed E-state index contributed by atoms with van der Waals surface area (Å²) in [6.45, 7) is 8.20. The number of likely N-dealkylation sites (N-methyl/N-ethyl adjacent to an activating group) is 1. The minimum absolute atomic E-state index is 0.127. The molecule has 27 heavy (non-hydrogen) atoms. The summed E-state index contributed by atoms with van der Waals surface area (Å²) in [5, 5.41) is 2.60. The van der Waals surface area contributed by atoms with Gasteiger partial charge in [0.2, 0.25) is 0 Å². The largest absolute Gasteiger partial charge is 0.348 e. The van der Waals surface area contributed by atoms with Gasteiger partial charge in [-0.25, -0.2) is 8.78 Å². The molecule has 2 rings (SSSR count). The third kappa shape index (κ3) is 6.27. The number of anilines is 1. The van der Waals surface area contributed by atoms with Crippen molar-refractivity contribution in [3.05, 3.63) is 29.8 Å². The Morgan fingerprint density at radius 1 is 1.15 bits per heavy atom. The van der Waals surface area contributed by atoms with Gasteiger partial charge in [0.15, 0.2) is 11.6 Å². The van der Waals surface area contributed by atoms with Crippen LogP contribution in [0, 0.1) is 23.5 Å². The van der Waals surface area contributed by atoms with Crippen LogP contribution in [0.4, 0.5) is 14.5 Å².